The van der Waals surface area contributed by atoms with Gasteiger partial charge in [-0.05, 0) is 79.5 Å². The normalized spacial score (nSPS) is 14.0. The molecule has 6 rings (SSSR count). The summed E-state index contributed by atoms with van der Waals surface area (Å²) in [4.78, 5) is 24.1. The van der Waals surface area contributed by atoms with Crippen LogP contribution in [0.4, 0.5) is 20.4 Å². The van der Waals surface area contributed by atoms with Gasteiger partial charge in [-0.1, -0.05) is 24.6 Å². The van der Waals surface area contributed by atoms with Gasteiger partial charge in [-0.25, -0.2) is 31.7 Å². The third-order valence-corrected chi connectivity index (χ3v) is 9.15. The van der Waals surface area contributed by atoms with Crippen LogP contribution in [0.2, 0.25) is 0 Å². The molecule has 0 saturated carbocycles. The number of pyridine rings is 1. The monoisotopic (exact) mass is 632 g/mol. The molecule has 0 aliphatic carbocycles. The fourth-order valence-corrected chi connectivity index (χ4v) is 6.61. The molecular weight excluding hydrogens is 602 g/mol. The summed E-state index contributed by atoms with van der Waals surface area (Å²) in [6.07, 6.45) is 5.12. The van der Waals surface area contributed by atoms with E-state index in [2.05, 4.69) is 19.6 Å². The number of nitrogen functional groups attached to an aromatic ring is 1. The number of hydrogen-bond acceptors (Lipinski definition) is 8. The van der Waals surface area contributed by atoms with Crippen molar-refractivity contribution in [1.29, 1.82) is 0 Å². The first-order chi connectivity index (χ1) is 21.6. The van der Waals surface area contributed by atoms with Crippen LogP contribution < -0.4 is 20.8 Å². The SMILES string of the molecule is COc1ncc(-c2ccc3nc(N)n(-c4ccc(CN5CCCCC5)cc4)c(=O)c3c2)cc1NS(=O)(=O)c1ccc(F)cc1F. The molecule has 1 saturated heterocycles. The summed E-state index contributed by atoms with van der Waals surface area (Å²) in [5.74, 6) is -2.20. The number of sulfonamides is 1. The Hall–Kier alpha value is -4.88. The van der Waals surface area contributed by atoms with Gasteiger partial charge in [0.05, 0.1) is 23.7 Å². The zero-order chi connectivity index (χ0) is 31.7. The third kappa shape index (κ3) is 6.22. The summed E-state index contributed by atoms with van der Waals surface area (Å²) in [6.45, 7) is 3.00. The lowest BCUT2D eigenvalue weighted by Crippen LogP contribution is -2.29. The Bertz CT molecular complexity index is 2060. The maximum Gasteiger partial charge on any atom is 0.267 e. The first-order valence-corrected chi connectivity index (χ1v) is 15.8. The largest absolute Gasteiger partial charge is 0.480 e. The van der Waals surface area contributed by atoms with Crippen molar-refractivity contribution in [2.45, 2.75) is 30.7 Å². The molecule has 2 aromatic heterocycles. The maximum absolute atomic E-state index is 14.3. The fourth-order valence-electron chi connectivity index (χ4n) is 5.50. The van der Waals surface area contributed by atoms with E-state index in [0.29, 0.717) is 28.4 Å². The number of halogens is 2. The quantitative estimate of drug-likeness (QED) is 0.242. The van der Waals surface area contributed by atoms with Gasteiger partial charge in [0.25, 0.3) is 15.6 Å². The predicted molar refractivity (Wildman–Crippen MR) is 168 cm³/mol. The Morgan fingerprint density at radius 3 is 2.42 bits per heavy atom. The minimum Gasteiger partial charge on any atom is -0.480 e. The Kier molecular flexibility index (Phi) is 8.21. The van der Waals surface area contributed by atoms with Crippen molar-refractivity contribution in [3.8, 4) is 22.7 Å². The molecule has 1 fully saturated rings. The average Bonchev–Trinajstić information content (AvgIpc) is 3.02. The van der Waals surface area contributed by atoms with Crippen LogP contribution in [-0.4, -0.2) is 48.1 Å². The second-order valence-electron chi connectivity index (χ2n) is 10.8. The van der Waals surface area contributed by atoms with Crippen molar-refractivity contribution in [1.82, 2.24) is 19.4 Å². The summed E-state index contributed by atoms with van der Waals surface area (Å²) in [5.41, 5.74) is 8.84. The second kappa shape index (κ2) is 12.3. The molecule has 232 valence electrons. The molecular formula is C32H30F2N6O4S. The van der Waals surface area contributed by atoms with Gasteiger partial charge in [-0.2, -0.15) is 0 Å². The molecule has 0 atom stereocenters. The van der Waals surface area contributed by atoms with E-state index in [0.717, 1.165) is 37.3 Å². The molecule has 3 N–H and O–H groups in total. The van der Waals surface area contributed by atoms with E-state index in [1.165, 1.54) is 43.2 Å². The molecule has 10 nitrogen and oxygen atoms in total. The highest BCUT2D eigenvalue weighted by Crippen LogP contribution is 2.32. The first kappa shape index (κ1) is 30.2. The summed E-state index contributed by atoms with van der Waals surface area (Å²) in [6, 6.07) is 16.2. The molecule has 1 aliphatic heterocycles. The van der Waals surface area contributed by atoms with E-state index in [1.54, 1.807) is 18.2 Å². The highest BCUT2D eigenvalue weighted by Gasteiger charge is 2.23. The van der Waals surface area contributed by atoms with Gasteiger partial charge >= 0.3 is 0 Å². The van der Waals surface area contributed by atoms with Crippen molar-refractivity contribution in [2.24, 2.45) is 0 Å². The number of rotatable bonds is 8. The predicted octanol–water partition coefficient (Wildman–Crippen LogP) is 5.10. The maximum atomic E-state index is 14.3. The number of hydrogen-bond donors (Lipinski definition) is 2. The number of piperidine rings is 1. The van der Waals surface area contributed by atoms with Gasteiger partial charge in [-0.3, -0.25) is 14.4 Å². The number of anilines is 2. The summed E-state index contributed by atoms with van der Waals surface area (Å²) < 4.78 is 62.5. The summed E-state index contributed by atoms with van der Waals surface area (Å²) in [5, 5.41) is 0.283. The van der Waals surface area contributed by atoms with Crippen molar-refractivity contribution in [3.05, 3.63) is 100 Å². The number of likely N-dealkylation sites (tertiary alicyclic amines) is 1. The number of nitrogens with one attached hydrogen (secondary N) is 1. The first-order valence-electron chi connectivity index (χ1n) is 14.3. The van der Waals surface area contributed by atoms with Crippen LogP contribution in [0.25, 0.3) is 27.7 Å². The topological polar surface area (TPSA) is 132 Å². The van der Waals surface area contributed by atoms with Gasteiger partial charge in [0.15, 0.2) is 0 Å². The molecule has 0 spiro atoms. The van der Waals surface area contributed by atoms with Gasteiger partial charge in [0.2, 0.25) is 11.8 Å². The standard InChI is InChI=1S/C32H30F2N6O4S/c1-44-30-28(38-45(42,43)29-12-8-23(33)17-26(29)34)16-22(18-36-30)21-7-11-27-25(15-21)31(41)40(32(35)37-27)24-9-5-20(6-10-24)19-39-13-3-2-4-14-39/h5-12,15-18,38H,2-4,13-14,19H2,1H3,(H2,35,37). The number of ether oxygens (including phenoxy) is 1. The minimum atomic E-state index is -4.48. The number of benzene rings is 3. The lowest BCUT2D eigenvalue weighted by molar-refractivity contribution is 0.221. The molecule has 0 amide bonds. The van der Waals surface area contributed by atoms with E-state index in [-0.39, 0.29) is 28.5 Å². The molecule has 0 radical (unpaired) electrons. The van der Waals surface area contributed by atoms with Crippen LogP contribution in [-0.2, 0) is 16.6 Å². The molecule has 13 heteroatoms. The Morgan fingerprint density at radius 1 is 0.956 bits per heavy atom. The van der Waals surface area contributed by atoms with Crippen LogP contribution in [0.5, 0.6) is 5.88 Å². The highest BCUT2D eigenvalue weighted by molar-refractivity contribution is 7.92. The number of nitrogens with zero attached hydrogens (tertiary/aromatic N) is 4. The second-order valence-corrected chi connectivity index (χ2v) is 12.5. The van der Waals surface area contributed by atoms with Gasteiger partial charge < -0.3 is 10.5 Å². The summed E-state index contributed by atoms with van der Waals surface area (Å²) in [7, 11) is -3.18. The lowest BCUT2D eigenvalue weighted by Gasteiger charge is -2.26. The smallest absolute Gasteiger partial charge is 0.267 e. The zero-order valence-electron chi connectivity index (χ0n) is 24.3. The van der Waals surface area contributed by atoms with Gasteiger partial charge in [0.1, 0.15) is 22.2 Å². The molecule has 3 aromatic carbocycles. The number of aromatic nitrogens is 3. The molecule has 0 bridgehead atoms. The molecule has 3 heterocycles. The molecule has 0 unspecified atom stereocenters. The van der Waals surface area contributed by atoms with Crippen LogP contribution in [0.1, 0.15) is 24.8 Å². The Morgan fingerprint density at radius 2 is 1.71 bits per heavy atom. The van der Waals surface area contributed by atoms with E-state index >= 15 is 0 Å². The van der Waals surface area contributed by atoms with Crippen LogP contribution in [0, 0.1) is 11.6 Å². The van der Waals surface area contributed by atoms with Crippen molar-refractivity contribution in [2.75, 3.05) is 30.7 Å². The lowest BCUT2D eigenvalue weighted by atomic mass is 10.0. The third-order valence-electron chi connectivity index (χ3n) is 7.75. The molecule has 5 aromatic rings. The van der Waals surface area contributed by atoms with E-state index in [4.69, 9.17) is 10.5 Å². The van der Waals surface area contributed by atoms with E-state index in [1.807, 2.05) is 24.3 Å². The van der Waals surface area contributed by atoms with Crippen molar-refractivity contribution in [3.63, 3.8) is 0 Å². The van der Waals surface area contributed by atoms with Gasteiger partial charge in [0, 0.05) is 24.4 Å². The van der Waals surface area contributed by atoms with Crippen LogP contribution in [0.3, 0.4) is 0 Å². The van der Waals surface area contributed by atoms with Crippen molar-refractivity contribution < 1.29 is 21.9 Å². The zero-order valence-corrected chi connectivity index (χ0v) is 25.2. The van der Waals surface area contributed by atoms with Gasteiger partial charge in [-0.15, -0.1) is 0 Å². The van der Waals surface area contributed by atoms with E-state index in [9.17, 15) is 22.0 Å². The number of methoxy groups -OCH3 is 1. The van der Waals surface area contributed by atoms with E-state index < -0.39 is 26.6 Å². The van der Waals surface area contributed by atoms with Crippen LogP contribution >= 0.6 is 0 Å². The Labute approximate surface area is 258 Å². The number of fused-ring (bicyclic) bond motifs is 1. The number of nitrogens with two attached hydrogens (primary N) is 1. The molecule has 1 aliphatic rings. The Balaban J connectivity index is 1.34. The fraction of sp³-hybridized carbons (Fsp3) is 0.219. The average molecular weight is 633 g/mol. The van der Waals surface area contributed by atoms with Crippen molar-refractivity contribution >= 4 is 32.6 Å². The highest BCUT2D eigenvalue weighted by atomic mass is 32.2. The van der Waals surface area contributed by atoms with Crippen LogP contribution in [0.15, 0.2) is 82.6 Å². The minimum absolute atomic E-state index is 0.0415. The summed E-state index contributed by atoms with van der Waals surface area (Å²) >= 11 is 0. The molecule has 45 heavy (non-hydrogen) atoms.